The molecule has 1 saturated carbocycles. The highest BCUT2D eigenvalue weighted by molar-refractivity contribution is 4.97. The van der Waals surface area contributed by atoms with E-state index in [9.17, 15) is 0 Å². The van der Waals surface area contributed by atoms with Gasteiger partial charge in [0.25, 0.3) is 0 Å². The molecule has 58 valence electrons. The van der Waals surface area contributed by atoms with Crippen LogP contribution in [0.4, 0.5) is 0 Å². The minimum Gasteiger partial charge on any atom is -0.330 e. The standard InChI is InChI=1S/C9H17N/c1-3-4-8-7(2)9(8)5-6-10/h3,7-9H,1,4-6,10H2,2H3. The van der Waals surface area contributed by atoms with Crippen LogP contribution in [0.3, 0.4) is 0 Å². The predicted molar refractivity (Wildman–Crippen MR) is 44.6 cm³/mol. The summed E-state index contributed by atoms with van der Waals surface area (Å²) >= 11 is 0. The van der Waals surface area contributed by atoms with Gasteiger partial charge in [-0.1, -0.05) is 13.0 Å². The fraction of sp³-hybridized carbons (Fsp3) is 0.778. The summed E-state index contributed by atoms with van der Waals surface area (Å²) in [4.78, 5) is 0. The van der Waals surface area contributed by atoms with Crippen molar-refractivity contribution in [3.63, 3.8) is 0 Å². The minimum atomic E-state index is 0.850. The molecule has 3 unspecified atom stereocenters. The lowest BCUT2D eigenvalue weighted by atomic mass is 10.2. The van der Waals surface area contributed by atoms with Gasteiger partial charge < -0.3 is 5.73 Å². The third kappa shape index (κ3) is 1.40. The fourth-order valence-corrected chi connectivity index (χ4v) is 1.89. The zero-order chi connectivity index (χ0) is 7.56. The van der Waals surface area contributed by atoms with E-state index in [0.717, 1.165) is 24.3 Å². The van der Waals surface area contributed by atoms with Crippen LogP contribution in [0.25, 0.3) is 0 Å². The normalized spacial score (nSPS) is 37.6. The van der Waals surface area contributed by atoms with E-state index in [4.69, 9.17) is 5.73 Å². The molecule has 1 rings (SSSR count). The van der Waals surface area contributed by atoms with Crippen molar-refractivity contribution in [2.24, 2.45) is 23.5 Å². The molecule has 0 aliphatic heterocycles. The van der Waals surface area contributed by atoms with Gasteiger partial charge in [0.2, 0.25) is 0 Å². The first-order chi connectivity index (χ1) is 4.81. The molecular weight excluding hydrogens is 122 g/mol. The summed E-state index contributed by atoms with van der Waals surface area (Å²) in [6.45, 7) is 6.90. The number of hydrogen-bond donors (Lipinski definition) is 1. The van der Waals surface area contributed by atoms with Crippen molar-refractivity contribution in [3.05, 3.63) is 12.7 Å². The van der Waals surface area contributed by atoms with Crippen molar-refractivity contribution in [2.75, 3.05) is 6.54 Å². The Hall–Kier alpha value is -0.300. The lowest BCUT2D eigenvalue weighted by Crippen LogP contribution is -2.00. The van der Waals surface area contributed by atoms with Crippen molar-refractivity contribution in [2.45, 2.75) is 19.8 Å². The third-order valence-electron chi connectivity index (χ3n) is 2.70. The van der Waals surface area contributed by atoms with E-state index in [2.05, 4.69) is 13.5 Å². The highest BCUT2D eigenvalue weighted by Gasteiger charge is 2.43. The molecule has 0 aromatic carbocycles. The van der Waals surface area contributed by atoms with Crippen molar-refractivity contribution in [1.29, 1.82) is 0 Å². The lowest BCUT2D eigenvalue weighted by molar-refractivity contribution is 0.652. The maximum absolute atomic E-state index is 5.46. The fourth-order valence-electron chi connectivity index (χ4n) is 1.89. The van der Waals surface area contributed by atoms with Gasteiger partial charge in [-0.2, -0.15) is 0 Å². The Labute approximate surface area is 63.3 Å². The average Bonchev–Trinajstić information content (AvgIpc) is 2.48. The van der Waals surface area contributed by atoms with E-state index >= 15 is 0 Å². The van der Waals surface area contributed by atoms with Gasteiger partial charge in [-0.05, 0) is 37.1 Å². The van der Waals surface area contributed by atoms with E-state index < -0.39 is 0 Å². The van der Waals surface area contributed by atoms with Crippen LogP contribution in [0.1, 0.15) is 19.8 Å². The van der Waals surface area contributed by atoms with Crippen LogP contribution in [0.2, 0.25) is 0 Å². The van der Waals surface area contributed by atoms with E-state index in [1.54, 1.807) is 0 Å². The SMILES string of the molecule is C=CCC1C(C)C1CCN. The van der Waals surface area contributed by atoms with Crippen molar-refractivity contribution >= 4 is 0 Å². The van der Waals surface area contributed by atoms with E-state index in [-0.39, 0.29) is 0 Å². The second-order valence-corrected chi connectivity index (χ2v) is 3.29. The first kappa shape index (κ1) is 7.80. The summed E-state index contributed by atoms with van der Waals surface area (Å²) in [5.41, 5.74) is 5.46. The number of hydrogen-bond acceptors (Lipinski definition) is 1. The summed E-state index contributed by atoms with van der Waals surface area (Å²) in [7, 11) is 0. The first-order valence-corrected chi connectivity index (χ1v) is 4.12. The summed E-state index contributed by atoms with van der Waals surface area (Å²) < 4.78 is 0. The zero-order valence-electron chi connectivity index (χ0n) is 6.72. The summed E-state index contributed by atoms with van der Waals surface area (Å²) in [5.74, 6) is 2.71. The van der Waals surface area contributed by atoms with Crippen LogP contribution in [-0.2, 0) is 0 Å². The quantitative estimate of drug-likeness (QED) is 0.590. The summed E-state index contributed by atoms with van der Waals surface area (Å²) in [6.07, 6.45) is 4.42. The van der Waals surface area contributed by atoms with Crippen molar-refractivity contribution in [1.82, 2.24) is 0 Å². The molecule has 0 saturated heterocycles. The molecule has 2 N–H and O–H groups in total. The second kappa shape index (κ2) is 3.20. The van der Waals surface area contributed by atoms with Crippen LogP contribution < -0.4 is 5.73 Å². The Bertz CT molecular complexity index is 120. The molecule has 1 aliphatic rings. The predicted octanol–water partition coefficient (Wildman–Crippen LogP) is 1.79. The topological polar surface area (TPSA) is 26.0 Å². The van der Waals surface area contributed by atoms with Crippen molar-refractivity contribution in [3.8, 4) is 0 Å². The average molecular weight is 139 g/mol. The maximum atomic E-state index is 5.46. The molecule has 0 spiro atoms. The van der Waals surface area contributed by atoms with Gasteiger partial charge in [0.05, 0.1) is 0 Å². The largest absolute Gasteiger partial charge is 0.330 e. The van der Waals surface area contributed by atoms with Gasteiger partial charge in [-0.3, -0.25) is 0 Å². The molecule has 0 aromatic rings. The highest BCUT2D eigenvalue weighted by Crippen LogP contribution is 2.50. The minimum absolute atomic E-state index is 0.850. The maximum Gasteiger partial charge on any atom is -0.00744 e. The Balaban J connectivity index is 2.19. The molecule has 10 heavy (non-hydrogen) atoms. The monoisotopic (exact) mass is 139 g/mol. The number of allylic oxidation sites excluding steroid dienone is 1. The molecule has 0 radical (unpaired) electrons. The van der Waals surface area contributed by atoms with E-state index in [1.165, 1.54) is 12.8 Å². The molecule has 1 heteroatoms. The highest BCUT2D eigenvalue weighted by atomic mass is 14.6. The van der Waals surface area contributed by atoms with Crippen LogP contribution in [0, 0.1) is 17.8 Å². The van der Waals surface area contributed by atoms with Crippen LogP contribution in [0.5, 0.6) is 0 Å². The van der Waals surface area contributed by atoms with Crippen molar-refractivity contribution < 1.29 is 0 Å². The zero-order valence-corrected chi connectivity index (χ0v) is 6.72. The number of nitrogens with two attached hydrogens (primary N) is 1. The Morgan fingerprint density at radius 1 is 1.50 bits per heavy atom. The van der Waals surface area contributed by atoms with Gasteiger partial charge in [-0.15, -0.1) is 6.58 Å². The van der Waals surface area contributed by atoms with Crippen LogP contribution in [-0.4, -0.2) is 6.54 Å². The van der Waals surface area contributed by atoms with E-state index in [0.29, 0.717) is 0 Å². The van der Waals surface area contributed by atoms with Crippen LogP contribution >= 0.6 is 0 Å². The molecule has 1 nitrogen and oxygen atoms in total. The summed E-state index contributed by atoms with van der Waals surface area (Å²) in [5, 5.41) is 0. The molecule has 0 amide bonds. The van der Waals surface area contributed by atoms with Gasteiger partial charge in [0, 0.05) is 0 Å². The van der Waals surface area contributed by atoms with Gasteiger partial charge in [0.15, 0.2) is 0 Å². The first-order valence-electron chi connectivity index (χ1n) is 4.12. The molecule has 0 aromatic heterocycles. The third-order valence-corrected chi connectivity index (χ3v) is 2.70. The number of rotatable bonds is 4. The molecule has 3 atom stereocenters. The molecule has 1 aliphatic carbocycles. The lowest BCUT2D eigenvalue weighted by Gasteiger charge is -1.91. The Morgan fingerprint density at radius 3 is 2.70 bits per heavy atom. The Kier molecular flexibility index (Phi) is 2.50. The van der Waals surface area contributed by atoms with Gasteiger partial charge in [0.1, 0.15) is 0 Å². The van der Waals surface area contributed by atoms with Gasteiger partial charge in [-0.25, -0.2) is 0 Å². The molecular formula is C9H17N. The van der Waals surface area contributed by atoms with Crippen LogP contribution in [0.15, 0.2) is 12.7 Å². The molecule has 0 bridgehead atoms. The molecule has 0 heterocycles. The molecule has 1 fully saturated rings. The van der Waals surface area contributed by atoms with Gasteiger partial charge >= 0.3 is 0 Å². The smallest absolute Gasteiger partial charge is 0.00744 e. The summed E-state index contributed by atoms with van der Waals surface area (Å²) in [6, 6.07) is 0. The second-order valence-electron chi connectivity index (χ2n) is 3.29. The Morgan fingerprint density at radius 2 is 2.20 bits per heavy atom. The van der Waals surface area contributed by atoms with E-state index in [1.807, 2.05) is 6.08 Å².